The van der Waals surface area contributed by atoms with Gasteiger partial charge in [-0.1, -0.05) is 6.07 Å². The Labute approximate surface area is 150 Å². The van der Waals surface area contributed by atoms with E-state index in [1.807, 2.05) is 4.57 Å². The molecule has 0 saturated carbocycles. The van der Waals surface area contributed by atoms with Crippen molar-refractivity contribution in [2.75, 3.05) is 21.3 Å². The van der Waals surface area contributed by atoms with Gasteiger partial charge in [0, 0.05) is 19.8 Å². The summed E-state index contributed by atoms with van der Waals surface area (Å²) in [5.74, 6) is -0.220. The first-order valence-corrected chi connectivity index (χ1v) is 7.98. The molecule has 0 saturated heterocycles. The second kappa shape index (κ2) is 7.63. The zero-order chi connectivity index (χ0) is 18.7. The Kier molecular flexibility index (Phi) is 5.29. The zero-order valence-corrected chi connectivity index (χ0v) is 14.7. The molecule has 136 valence electrons. The van der Waals surface area contributed by atoms with Gasteiger partial charge in [-0.3, -0.25) is 0 Å². The SMILES string of the molecule is COC(=O)c1cccc2nc(-c3ccc(F)cc3)n(CC(OC)OC)c12. The highest BCUT2D eigenvalue weighted by Gasteiger charge is 2.21. The largest absolute Gasteiger partial charge is 0.465 e. The van der Waals surface area contributed by atoms with Gasteiger partial charge in [-0.2, -0.15) is 0 Å². The van der Waals surface area contributed by atoms with E-state index < -0.39 is 12.3 Å². The predicted octanol–water partition coefficient (Wildman–Crippen LogP) is 3.25. The van der Waals surface area contributed by atoms with Crippen LogP contribution in [0, 0.1) is 5.82 Å². The second-order valence-electron chi connectivity index (χ2n) is 5.62. The van der Waals surface area contributed by atoms with Crippen LogP contribution in [-0.4, -0.2) is 43.1 Å². The molecule has 0 amide bonds. The van der Waals surface area contributed by atoms with Gasteiger partial charge in [0.2, 0.25) is 0 Å². The summed E-state index contributed by atoms with van der Waals surface area (Å²) < 4.78 is 30.7. The third kappa shape index (κ3) is 3.31. The fourth-order valence-corrected chi connectivity index (χ4v) is 2.85. The first-order valence-electron chi connectivity index (χ1n) is 7.98. The van der Waals surface area contributed by atoms with Crippen molar-refractivity contribution in [1.82, 2.24) is 9.55 Å². The highest BCUT2D eigenvalue weighted by Crippen LogP contribution is 2.28. The van der Waals surface area contributed by atoms with Crippen LogP contribution in [-0.2, 0) is 20.8 Å². The molecule has 1 aromatic heterocycles. The Balaban J connectivity index is 2.26. The molecule has 7 heteroatoms. The first kappa shape index (κ1) is 18.0. The standard InChI is InChI=1S/C19H19FN2O4/c1-24-16(25-2)11-22-17-14(19(23)26-3)5-4-6-15(17)21-18(22)12-7-9-13(20)10-8-12/h4-10,16H,11H2,1-3H3. The molecule has 0 fully saturated rings. The summed E-state index contributed by atoms with van der Waals surface area (Å²) in [7, 11) is 4.40. The number of para-hydroxylation sites is 1. The number of hydrogen-bond donors (Lipinski definition) is 0. The molecular weight excluding hydrogens is 339 g/mol. The lowest BCUT2D eigenvalue weighted by molar-refractivity contribution is -0.110. The number of carbonyl (C=O) groups is 1. The number of esters is 1. The summed E-state index contributed by atoms with van der Waals surface area (Å²) >= 11 is 0. The number of imidazole rings is 1. The van der Waals surface area contributed by atoms with Crippen LogP contribution in [0.2, 0.25) is 0 Å². The lowest BCUT2D eigenvalue weighted by atomic mass is 10.2. The molecule has 1 heterocycles. The number of aromatic nitrogens is 2. The predicted molar refractivity (Wildman–Crippen MR) is 94.3 cm³/mol. The summed E-state index contributed by atoms with van der Waals surface area (Å²) in [6, 6.07) is 11.2. The number of benzene rings is 2. The summed E-state index contributed by atoms with van der Waals surface area (Å²) in [5, 5.41) is 0. The van der Waals surface area contributed by atoms with Gasteiger partial charge in [0.05, 0.1) is 30.3 Å². The third-order valence-electron chi connectivity index (χ3n) is 4.13. The first-order chi connectivity index (χ1) is 12.6. The normalized spacial score (nSPS) is 11.3. The van der Waals surface area contributed by atoms with E-state index in [-0.39, 0.29) is 5.82 Å². The number of rotatable bonds is 6. The third-order valence-corrected chi connectivity index (χ3v) is 4.13. The van der Waals surface area contributed by atoms with Crippen molar-refractivity contribution in [3.8, 4) is 11.4 Å². The number of ether oxygens (including phenoxy) is 3. The highest BCUT2D eigenvalue weighted by atomic mass is 19.1. The minimum Gasteiger partial charge on any atom is -0.465 e. The van der Waals surface area contributed by atoms with E-state index in [9.17, 15) is 9.18 Å². The van der Waals surface area contributed by atoms with Crippen LogP contribution < -0.4 is 0 Å². The molecule has 0 N–H and O–H groups in total. The van der Waals surface area contributed by atoms with Crippen LogP contribution in [0.15, 0.2) is 42.5 Å². The molecular formula is C19H19FN2O4. The van der Waals surface area contributed by atoms with Crippen LogP contribution in [0.25, 0.3) is 22.4 Å². The van der Waals surface area contributed by atoms with Crippen LogP contribution in [0.5, 0.6) is 0 Å². The number of carbonyl (C=O) groups excluding carboxylic acids is 1. The van der Waals surface area contributed by atoms with Gasteiger partial charge in [0.1, 0.15) is 11.6 Å². The molecule has 0 unspecified atom stereocenters. The van der Waals surface area contributed by atoms with Gasteiger partial charge in [-0.05, 0) is 36.4 Å². The Bertz CT molecular complexity index is 917. The van der Waals surface area contributed by atoms with Gasteiger partial charge in [0.25, 0.3) is 0 Å². The van der Waals surface area contributed by atoms with Crippen molar-refractivity contribution in [1.29, 1.82) is 0 Å². The van der Waals surface area contributed by atoms with Gasteiger partial charge in [-0.25, -0.2) is 14.2 Å². The van der Waals surface area contributed by atoms with Gasteiger partial charge >= 0.3 is 5.97 Å². The maximum Gasteiger partial charge on any atom is 0.340 e. The Morgan fingerprint density at radius 2 is 1.81 bits per heavy atom. The van der Waals surface area contributed by atoms with E-state index in [1.54, 1.807) is 30.3 Å². The molecule has 0 bridgehead atoms. The molecule has 0 radical (unpaired) electrons. The van der Waals surface area contributed by atoms with E-state index in [1.165, 1.54) is 33.5 Å². The highest BCUT2D eigenvalue weighted by molar-refractivity contribution is 6.03. The fourth-order valence-electron chi connectivity index (χ4n) is 2.85. The number of fused-ring (bicyclic) bond motifs is 1. The van der Waals surface area contributed by atoms with Gasteiger partial charge in [-0.15, -0.1) is 0 Å². The van der Waals surface area contributed by atoms with Crippen molar-refractivity contribution in [2.45, 2.75) is 12.8 Å². The molecule has 2 aromatic carbocycles. The van der Waals surface area contributed by atoms with Crippen molar-refractivity contribution in [3.63, 3.8) is 0 Å². The van der Waals surface area contributed by atoms with E-state index in [4.69, 9.17) is 14.2 Å². The number of nitrogens with zero attached hydrogens (tertiary/aromatic N) is 2. The number of hydrogen-bond acceptors (Lipinski definition) is 5. The molecule has 6 nitrogen and oxygen atoms in total. The van der Waals surface area contributed by atoms with Gasteiger partial charge in [0.15, 0.2) is 6.29 Å². The Morgan fingerprint density at radius 1 is 1.12 bits per heavy atom. The smallest absolute Gasteiger partial charge is 0.340 e. The average molecular weight is 358 g/mol. The molecule has 0 aliphatic carbocycles. The molecule has 3 rings (SSSR count). The summed E-state index contributed by atoms with van der Waals surface area (Å²) in [6.45, 7) is 0.296. The molecule has 26 heavy (non-hydrogen) atoms. The second-order valence-corrected chi connectivity index (χ2v) is 5.62. The fraction of sp³-hybridized carbons (Fsp3) is 0.263. The summed E-state index contributed by atoms with van der Waals surface area (Å²) in [6.07, 6.45) is -0.544. The van der Waals surface area contributed by atoms with Gasteiger partial charge < -0.3 is 18.8 Å². The molecule has 0 spiro atoms. The van der Waals surface area contributed by atoms with Crippen molar-refractivity contribution in [3.05, 3.63) is 53.8 Å². The summed E-state index contributed by atoms with van der Waals surface area (Å²) in [4.78, 5) is 16.9. The van der Waals surface area contributed by atoms with E-state index >= 15 is 0 Å². The van der Waals surface area contributed by atoms with Crippen LogP contribution in [0.4, 0.5) is 4.39 Å². The number of halogens is 1. The van der Waals surface area contributed by atoms with Crippen LogP contribution in [0.1, 0.15) is 10.4 Å². The maximum atomic E-state index is 13.3. The van der Waals surface area contributed by atoms with E-state index in [0.29, 0.717) is 34.5 Å². The average Bonchev–Trinajstić information content (AvgIpc) is 3.04. The minimum atomic E-state index is -0.544. The van der Waals surface area contributed by atoms with E-state index in [2.05, 4.69) is 4.98 Å². The van der Waals surface area contributed by atoms with Crippen molar-refractivity contribution >= 4 is 17.0 Å². The topological polar surface area (TPSA) is 62.6 Å². The zero-order valence-electron chi connectivity index (χ0n) is 14.7. The maximum absolute atomic E-state index is 13.3. The minimum absolute atomic E-state index is 0.296. The lowest BCUT2D eigenvalue weighted by Crippen LogP contribution is -2.21. The quantitative estimate of drug-likeness (QED) is 0.500. The lowest BCUT2D eigenvalue weighted by Gasteiger charge is -2.17. The molecule has 3 aromatic rings. The Morgan fingerprint density at radius 3 is 2.42 bits per heavy atom. The Hall–Kier alpha value is -2.77. The molecule has 0 aliphatic heterocycles. The van der Waals surface area contributed by atoms with Crippen molar-refractivity contribution in [2.24, 2.45) is 0 Å². The monoisotopic (exact) mass is 358 g/mol. The number of methoxy groups -OCH3 is 3. The van der Waals surface area contributed by atoms with Crippen LogP contribution >= 0.6 is 0 Å². The molecule has 0 aliphatic rings. The van der Waals surface area contributed by atoms with Crippen molar-refractivity contribution < 1.29 is 23.4 Å². The van der Waals surface area contributed by atoms with E-state index in [0.717, 1.165) is 0 Å². The summed E-state index contributed by atoms with van der Waals surface area (Å²) in [5.41, 5.74) is 2.33. The van der Waals surface area contributed by atoms with Crippen LogP contribution in [0.3, 0.4) is 0 Å². The molecule has 0 atom stereocenters.